The predicted molar refractivity (Wildman–Crippen MR) is 88.8 cm³/mol. The highest BCUT2D eigenvalue weighted by Crippen LogP contribution is 2.20. The lowest BCUT2D eigenvalue weighted by molar-refractivity contribution is 0.0202. The summed E-state index contributed by atoms with van der Waals surface area (Å²) in [5.41, 5.74) is 1.23. The molecule has 0 amide bonds. The van der Waals surface area contributed by atoms with Crippen LogP contribution in [0.4, 0.5) is 5.69 Å². The zero-order chi connectivity index (χ0) is 15.8. The van der Waals surface area contributed by atoms with Gasteiger partial charge in [-0.15, -0.1) is 0 Å². The van der Waals surface area contributed by atoms with Gasteiger partial charge in [-0.25, -0.2) is 0 Å². The highest BCUT2D eigenvalue weighted by atomic mass is 16.5. The summed E-state index contributed by atoms with van der Waals surface area (Å²) in [6.45, 7) is 10.3. The molecule has 1 aromatic rings. The molecule has 0 aromatic heterocycles. The third kappa shape index (κ3) is 5.16. The molecule has 5 nitrogen and oxygen atoms in total. The zero-order valence-corrected chi connectivity index (χ0v) is 13.7. The van der Waals surface area contributed by atoms with Gasteiger partial charge in [0.25, 0.3) is 0 Å². The molecule has 0 radical (unpaired) electrons. The minimum Gasteiger partial charge on any atom is -0.494 e. The summed E-state index contributed by atoms with van der Waals surface area (Å²) in [5, 5.41) is 9.90. The largest absolute Gasteiger partial charge is 0.494 e. The van der Waals surface area contributed by atoms with Crippen molar-refractivity contribution in [1.29, 1.82) is 0 Å². The van der Waals surface area contributed by atoms with E-state index in [4.69, 9.17) is 9.47 Å². The van der Waals surface area contributed by atoms with Crippen LogP contribution in [0.1, 0.15) is 13.8 Å². The second-order valence-corrected chi connectivity index (χ2v) is 5.53. The minimum absolute atomic E-state index is 0.392. The van der Waals surface area contributed by atoms with Gasteiger partial charge in [-0.05, 0) is 38.1 Å². The molecule has 1 aromatic carbocycles. The first-order valence-corrected chi connectivity index (χ1v) is 8.19. The Kier molecular flexibility index (Phi) is 6.96. The number of hydrogen-bond acceptors (Lipinski definition) is 5. The first-order valence-electron chi connectivity index (χ1n) is 8.19. The summed E-state index contributed by atoms with van der Waals surface area (Å²) in [5.74, 6) is 0.920. The van der Waals surface area contributed by atoms with Gasteiger partial charge >= 0.3 is 0 Å². The molecule has 2 rings (SSSR count). The number of anilines is 1. The van der Waals surface area contributed by atoms with Gasteiger partial charge < -0.3 is 19.5 Å². The molecule has 1 saturated heterocycles. The van der Waals surface area contributed by atoms with E-state index in [0.717, 1.165) is 31.9 Å². The second-order valence-electron chi connectivity index (χ2n) is 5.53. The first kappa shape index (κ1) is 17.1. The predicted octanol–water partition coefficient (Wildman–Crippen LogP) is 1.60. The Morgan fingerprint density at radius 1 is 1.05 bits per heavy atom. The highest BCUT2D eigenvalue weighted by Gasteiger charge is 2.19. The fourth-order valence-electron chi connectivity index (χ4n) is 2.71. The van der Waals surface area contributed by atoms with Gasteiger partial charge in [0.05, 0.1) is 19.3 Å². The van der Waals surface area contributed by atoms with Gasteiger partial charge in [-0.2, -0.15) is 0 Å². The number of β-amino-alcohol motifs (C(OH)–C–C–N with tert-alkyl or cyclic N) is 1. The Hall–Kier alpha value is -1.30. The fraction of sp³-hybridized carbons (Fsp3) is 0.647. The summed E-state index contributed by atoms with van der Waals surface area (Å²) in [7, 11) is 0. The van der Waals surface area contributed by atoms with Crippen molar-refractivity contribution in [2.45, 2.75) is 20.0 Å². The monoisotopic (exact) mass is 308 g/mol. The van der Waals surface area contributed by atoms with Crippen molar-refractivity contribution in [3.63, 3.8) is 0 Å². The highest BCUT2D eigenvalue weighted by molar-refractivity contribution is 5.49. The van der Waals surface area contributed by atoms with E-state index in [1.54, 1.807) is 0 Å². The van der Waals surface area contributed by atoms with Crippen LogP contribution in [0.2, 0.25) is 0 Å². The molecule has 22 heavy (non-hydrogen) atoms. The Balaban J connectivity index is 1.76. The van der Waals surface area contributed by atoms with Crippen LogP contribution < -0.4 is 9.64 Å². The van der Waals surface area contributed by atoms with E-state index in [0.29, 0.717) is 26.4 Å². The molecule has 1 aliphatic rings. The molecule has 1 heterocycles. The van der Waals surface area contributed by atoms with Crippen molar-refractivity contribution < 1.29 is 14.6 Å². The summed E-state index contributed by atoms with van der Waals surface area (Å²) < 4.78 is 10.7. The molecule has 5 heteroatoms. The normalized spacial score (nSPS) is 17.5. The number of rotatable bonds is 8. The van der Waals surface area contributed by atoms with E-state index >= 15 is 0 Å². The number of aliphatic hydroxyl groups excluding tert-OH is 1. The van der Waals surface area contributed by atoms with Gasteiger partial charge in [0, 0.05) is 45.0 Å². The van der Waals surface area contributed by atoms with Gasteiger partial charge in [0.1, 0.15) is 5.75 Å². The lowest BCUT2D eigenvalue weighted by atomic mass is 10.2. The van der Waals surface area contributed by atoms with Crippen LogP contribution in [0.15, 0.2) is 24.3 Å². The summed E-state index contributed by atoms with van der Waals surface area (Å²) in [6, 6.07) is 8.28. The minimum atomic E-state index is -0.392. The van der Waals surface area contributed by atoms with Crippen molar-refractivity contribution >= 4 is 5.69 Å². The van der Waals surface area contributed by atoms with Crippen LogP contribution >= 0.6 is 0 Å². The molecule has 0 bridgehead atoms. The smallest absolute Gasteiger partial charge is 0.119 e. The maximum absolute atomic E-state index is 9.90. The third-order valence-corrected chi connectivity index (χ3v) is 3.87. The Morgan fingerprint density at radius 3 is 2.32 bits per heavy atom. The number of ether oxygens (including phenoxy) is 2. The van der Waals surface area contributed by atoms with E-state index in [1.165, 1.54) is 5.69 Å². The molecule has 1 atom stereocenters. The van der Waals surface area contributed by atoms with Crippen LogP contribution in [0.25, 0.3) is 0 Å². The topological polar surface area (TPSA) is 45.2 Å². The number of hydrogen-bond donors (Lipinski definition) is 1. The molecule has 1 aliphatic heterocycles. The SMILES string of the molecule is CCOCC(O)CN1CCN(c2ccc(OCC)cc2)CC1. The lowest BCUT2D eigenvalue weighted by Crippen LogP contribution is -2.49. The molecule has 1 N–H and O–H groups in total. The number of nitrogens with zero attached hydrogens (tertiary/aromatic N) is 2. The molecular weight excluding hydrogens is 280 g/mol. The zero-order valence-electron chi connectivity index (χ0n) is 13.7. The number of benzene rings is 1. The summed E-state index contributed by atoms with van der Waals surface area (Å²) in [4.78, 5) is 4.68. The summed E-state index contributed by atoms with van der Waals surface area (Å²) in [6.07, 6.45) is -0.392. The van der Waals surface area contributed by atoms with E-state index in [2.05, 4.69) is 21.9 Å². The second kappa shape index (κ2) is 8.98. The van der Waals surface area contributed by atoms with Crippen molar-refractivity contribution in [2.75, 3.05) is 57.4 Å². The lowest BCUT2D eigenvalue weighted by Gasteiger charge is -2.36. The van der Waals surface area contributed by atoms with Gasteiger partial charge in [-0.3, -0.25) is 4.90 Å². The summed E-state index contributed by atoms with van der Waals surface area (Å²) >= 11 is 0. The van der Waals surface area contributed by atoms with E-state index < -0.39 is 6.10 Å². The number of aliphatic hydroxyl groups is 1. The molecule has 0 spiro atoms. The van der Waals surface area contributed by atoms with E-state index in [9.17, 15) is 5.11 Å². The molecule has 1 fully saturated rings. The van der Waals surface area contributed by atoms with Crippen LogP contribution in [-0.4, -0.2) is 68.7 Å². The van der Waals surface area contributed by atoms with Crippen molar-refractivity contribution in [2.24, 2.45) is 0 Å². The maximum Gasteiger partial charge on any atom is 0.119 e. The third-order valence-electron chi connectivity index (χ3n) is 3.87. The van der Waals surface area contributed by atoms with Crippen LogP contribution in [0.5, 0.6) is 5.75 Å². The van der Waals surface area contributed by atoms with Gasteiger partial charge in [-0.1, -0.05) is 0 Å². The van der Waals surface area contributed by atoms with Crippen LogP contribution in [0, 0.1) is 0 Å². The molecule has 0 saturated carbocycles. The van der Waals surface area contributed by atoms with E-state index in [-0.39, 0.29) is 0 Å². The van der Waals surface area contributed by atoms with Crippen molar-refractivity contribution in [1.82, 2.24) is 4.90 Å². The Morgan fingerprint density at radius 2 is 1.73 bits per heavy atom. The molecular formula is C17H28N2O3. The fourth-order valence-corrected chi connectivity index (χ4v) is 2.71. The average molecular weight is 308 g/mol. The Labute approximate surface area is 133 Å². The average Bonchev–Trinajstić information content (AvgIpc) is 2.55. The molecule has 0 aliphatic carbocycles. The maximum atomic E-state index is 9.90. The van der Waals surface area contributed by atoms with Crippen LogP contribution in [-0.2, 0) is 4.74 Å². The quantitative estimate of drug-likeness (QED) is 0.790. The number of piperazine rings is 1. The van der Waals surface area contributed by atoms with Crippen molar-refractivity contribution in [3.05, 3.63) is 24.3 Å². The standard InChI is InChI=1S/C17H28N2O3/c1-3-21-14-16(20)13-18-9-11-19(12-10-18)15-5-7-17(8-6-15)22-4-2/h5-8,16,20H,3-4,9-14H2,1-2H3. The molecule has 124 valence electrons. The van der Waals surface area contributed by atoms with Crippen molar-refractivity contribution in [3.8, 4) is 5.75 Å². The van der Waals surface area contributed by atoms with E-state index in [1.807, 2.05) is 26.0 Å². The molecule has 1 unspecified atom stereocenters. The van der Waals surface area contributed by atoms with Gasteiger partial charge in [0.15, 0.2) is 0 Å². The van der Waals surface area contributed by atoms with Gasteiger partial charge in [0.2, 0.25) is 0 Å². The first-order chi connectivity index (χ1) is 10.7. The Bertz CT molecular complexity index is 416. The van der Waals surface area contributed by atoms with Crippen LogP contribution in [0.3, 0.4) is 0 Å².